The fraction of sp³-hybridized carbons (Fsp3) is 0.324. The molecule has 0 aliphatic carbocycles. The molecule has 0 spiro atoms. The zero-order valence-electron chi connectivity index (χ0n) is 25.8. The van der Waals surface area contributed by atoms with E-state index >= 15 is 0 Å². The minimum absolute atomic E-state index is 0.00509. The lowest BCUT2D eigenvalue weighted by Crippen LogP contribution is -2.46. The van der Waals surface area contributed by atoms with Crippen molar-refractivity contribution in [2.24, 2.45) is 7.05 Å². The fourth-order valence-corrected chi connectivity index (χ4v) is 6.01. The number of fused-ring (bicyclic) bond motifs is 1. The lowest BCUT2D eigenvalue weighted by Gasteiger charge is -2.35. The second kappa shape index (κ2) is 12.8. The molecular formula is C34H33FN8O4. The van der Waals surface area contributed by atoms with Crippen molar-refractivity contribution in [3.63, 3.8) is 0 Å². The van der Waals surface area contributed by atoms with Gasteiger partial charge in [0.25, 0.3) is 0 Å². The maximum absolute atomic E-state index is 14.3. The van der Waals surface area contributed by atoms with Crippen molar-refractivity contribution >= 4 is 22.8 Å². The Kier molecular flexibility index (Phi) is 8.28. The molecule has 0 unspecified atom stereocenters. The SMILES string of the molecule is Cn1cc(-c2cc(C(=O)O)cc3c2nc(CN2CCN(c4cccc(OCc5ccc(C#N)cc5F)n4)CC2)n3C[C@@H]2CCO2)cn1. The lowest BCUT2D eigenvalue weighted by atomic mass is 10.0. The number of piperazine rings is 1. The molecule has 2 aliphatic rings. The summed E-state index contributed by atoms with van der Waals surface area (Å²) in [7, 11) is 1.83. The molecule has 47 heavy (non-hydrogen) atoms. The molecule has 0 amide bonds. The third-order valence-electron chi connectivity index (χ3n) is 8.70. The largest absolute Gasteiger partial charge is 0.478 e. The summed E-state index contributed by atoms with van der Waals surface area (Å²) in [5.41, 5.74) is 3.89. The molecule has 12 nitrogen and oxygen atoms in total. The van der Waals surface area contributed by atoms with Crippen LogP contribution in [0.4, 0.5) is 10.2 Å². The van der Waals surface area contributed by atoms with Gasteiger partial charge in [0.1, 0.15) is 24.1 Å². The van der Waals surface area contributed by atoms with E-state index in [1.165, 1.54) is 6.07 Å². The summed E-state index contributed by atoms with van der Waals surface area (Å²) >= 11 is 0. The van der Waals surface area contributed by atoms with Crippen LogP contribution in [-0.4, -0.2) is 79.2 Å². The van der Waals surface area contributed by atoms with Gasteiger partial charge in [-0.15, -0.1) is 0 Å². The Balaban J connectivity index is 1.08. The van der Waals surface area contributed by atoms with Gasteiger partial charge in [-0.25, -0.2) is 14.2 Å². The van der Waals surface area contributed by atoms with Crippen molar-refractivity contribution in [1.29, 1.82) is 5.26 Å². The summed E-state index contributed by atoms with van der Waals surface area (Å²) in [4.78, 5) is 26.4. The highest BCUT2D eigenvalue weighted by atomic mass is 19.1. The van der Waals surface area contributed by atoms with Gasteiger partial charge < -0.3 is 24.0 Å². The second-order valence-corrected chi connectivity index (χ2v) is 11.8. The molecule has 2 saturated heterocycles. The molecule has 0 bridgehead atoms. The number of hydrogen-bond acceptors (Lipinski definition) is 9. The van der Waals surface area contributed by atoms with E-state index in [1.54, 1.807) is 41.2 Å². The molecule has 7 rings (SSSR count). The van der Waals surface area contributed by atoms with E-state index in [1.807, 2.05) is 31.4 Å². The summed E-state index contributed by atoms with van der Waals surface area (Å²) in [6, 6.07) is 15.2. The predicted octanol–water partition coefficient (Wildman–Crippen LogP) is 4.23. The quantitative estimate of drug-likeness (QED) is 0.237. The monoisotopic (exact) mass is 636 g/mol. The Morgan fingerprint density at radius 3 is 2.66 bits per heavy atom. The van der Waals surface area contributed by atoms with E-state index in [0.717, 1.165) is 73.0 Å². The van der Waals surface area contributed by atoms with Crippen LogP contribution in [0.5, 0.6) is 5.88 Å². The van der Waals surface area contributed by atoms with Gasteiger partial charge in [-0.3, -0.25) is 9.58 Å². The summed E-state index contributed by atoms with van der Waals surface area (Å²) in [6.45, 7) is 4.92. The number of carbonyl (C=O) groups is 1. The Hall–Kier alpha value is -5.32. The van der Waals surface area contributed by atoms with Crippen molar-refractivity contribution < 1.29 is 23.8 Å². The van der Waals surface area contributed by atoms with Crippen molar-refractivity contribution in [2.45, 2.75) is 32.2 Å². The molecule has 2 aromatic carbocycles. The standard InChI is InChI=1S/C34H33FN8O4/c1-40-18-25(17-37-40)27-14-24(34(44)45)15-29-33(27)39-31(43(29)19-26-7-12-46-26)20-41-8-10-42(11-9-41)30-3-2-4-32(38-30)47-21-23-6-5-22(16-36)13-28(23)35/h2-6,13-15,17-18,26H,7-12,19-21H2,1H3,(H,44,45)/t26-/m0/s1. The van der Waals surface area contributed by atoms with Crippen molar-refractivity contribution in [3.8, 4) is 23.1 Å². The molecule has 240 valence electrons. The van der Waals surface area contributed by atoms with E-state index in [4.69, 9.17) is 19.7 Å². The van der Waals surface area contributed by atoms with E-state index in [9.17, 15) is 14.3 Å². The molecule has 5 heterocycles. The summed E-state index contributed by atoms with van der Waals surface area (Å²) in [6.07, 6.45) is 4.61. The molecule has 13 heteroatoms. The number of benzene rings is 2. The predicted molar refractivity (Wildman–Crippen MR) is 170 cm³/mol. The number of imidazole rings is 1. The van der Waals surface area contributed by atoms with Gasteiger partial charge in [-0.1, -0.05) is 12.1 Å². The van der Waals surface area contributed by atoms with Crippen LogP contribution < -0.4 is 9.64 Å². The number of rotatable bonds is 10. The minimum atomic E-state index is -0.994. The third-order valence-corrected chi connectivity index (χ3v) is 8.70. The molecule has 1 atom stereocenters. The third kappa shape index (κ3) is 6.38. The number of halogens is 1. The molecule has 2 aliphatic heterocycles. The second-order valence-electron chi connectivity index (χ2n) is 11.8. The number of aromatic carboxylic acids is 1. The first-order valence-electron chi connectivity index (χ1n) is 15.5. The van der Waals surface area contributed by atoms with Crippen molar-refractivity contribution in [3.05, 3.63) is 89.3 Å². The number of carboxylic acids is 1. The molecular weight excluding hydrogens is 603 g/mol. The topological polar surface area (TPSA) is 135 Å². The van der Waals surface area contributed by atoms with Crippen LogP contribution in [0.1, 0.15) is 33.7 Å². The summed E-state index contributed by atoms with van der Waals surface area (Å²) in [5, 5.41) is 23.2. The van der Waals surface area contributed by atoms with Crippen LogP contribution in [0.15, 0.2) is 60.9 Å². The smallest absolute Gasteiger partial charge is 0.335 e. The zero-order valence-corrected chi connectivity index (χ0v) is 25.8. The van der Waals surface area contributed by atoms with Crippen LogP contribution in [0.2, 0.25) is 0 Å². The highest BCUT2D eigenvalue weighted by molar-refractivity contribution is 6.00. The minimum Gasteiger partial charge on any atom is -0.478 e. The number of nitriles is 1. The number of hydrogen-bond donors (Lipinski definition) is 1. The number of aromatic nitrogens is 5. The van der Waals surface area contributed by atoms with Gasteiger partial charge in [-0.2, -0.15) is 15.3 Å². The maximum atomic E-state index is 14.3. The van der Waals surface area contributed by atoms with Gasteiger partial charge in [0.05, 0.1) is 53.6 Å². The number of anilines is 1. The van der Waals surface area contributed by atoms with Crippen LogP contribution in [-0.2, 0) is 31.5 Å². The van der Waals surface area contributed by atoms with Crippen molar-refractivity contribution in [1.82, 2.24) is 29.2 Å². The van der Waals surface area contributed by atoms with Gasteiger partial charge in [0.15, 0.2) is 0 Å². The molecule has 3 aromatic heterocycles. The van der Waals surface area contributed by atoms with Crippen molar-refractivity contribution in [2.75, 3.05) is 37.7 Å². The normalized spacial score (nSPS) is 16.6. The molecule has 0 saturated carbocycles. The average molecular weight is 637 g/mol. The summed E-state index contributed by atoms with van der Waals surface area (Å²) in [5.74, 6) is 0.553. The van der Waals surface area contributed by atoms with Crippen LogP contribution in [0.3, 0.4) is 0 Å². The highest BCUT2D eigenvalue weighted by Gasteiger charge is 2.26. The number of nitrogens with zero attached hydrogens (tertiary/aromatic N) is 8. The average Bonchev–Trinajstić information content (AvgIpc) is 3.64. The maximum Gasteiger partial charge on any atom is 0.335 e. The first-order chi connectivity index (χ1) is 22.8. The van der Waals surface area contributed by atoms with Crippen LogP contribution in [0, 0.1) is 17.1 Å². The Morgan fingerprint density at radius 2 is 1.98 bits per heavy atom. The van der Waals surface area contributed by atoms with E-state index in [0.29, 0.717) is 24.5 Å². The Bertz CT molecular complexity index is 1990. The van der Waals surface area contributed by atoms with E-state index in [-0.39, 0.29) is 23.8 Å². The highest BCUT2D eigenvalue weighted by Crippen LogP contribution is 2.32. The van der Waals surface area contributed by atoms with Gasteiger partial charge in [-0.05, 0) is 36.8 Å². The Morgan fingerprint density at radius 1 is 1.15 bits per heavy atom. The van der Waals surface area contributed by atoms with Crippen LogP contribution >= 0.6 is 0 Å². The van der Waals surface area contributed by atoms with E-state index < -0.39 is 11.8 Å². The number of carboxylic acid groups (broad SMARTS) is 1. The fourth-order valence-electron chi connectivity index (χ4n) is 6.01. The van der Waals surface area contributed by atoms with Gasteiger partial charge >= 0.3 is 5.97 Å². The Labute approximate surface area is 270 Å². The lowest BCUT2D eigenvalue weighted by molar-refractivity contribution is -0.0592. The number of pyridine rings is 1. The zero-order chi connectivity index (χ0) is 32.5. The molecule has 5 aromatic rings. The van der Waals surface area contributed by atoms with Gasteiger partial charge in [0.2, 0.25) is 5.88 Å². The summed E-state index contributed by atoms with van der Waals surface area (Å²) < 4.78 is 29.7. The number of aryl methyl sites for hydroxylation is 1. The number of ether oxygens (including phenoxy) is 2. The first kappa shape index (κ1) is 30.3. The molecule has 1 N–H and O–H groups in total. The first-order valence-corrected chi connectivity index (χ1v) is 15.5. The van der Waals surface area contributed by atoms with Crippen LogP contribution in [0.25, 0.3) is 22.2 Å². The molecule has 0 radical (unpaired) electrons. The van der Waals surface area contributed by atoms with Gasteiger partial charge in [0, 0.05) is 68.8 Å². The van der Waals surface area contributed by atoms with E-state index in [2.05, 4.69) is 24.4 Å². The molecule has 2 fully saturated rings.